The molecule has 1 aliphatic rings. The molecule has 0 N–H and O–H groups in total. The summed E-state index contributed by atoms with van der Waals surface area (Å²) in [6.45, 7) is 2.37. The number of carbonyl (C=O) groups excluding carboxylic acids is 2. The van der Waals surface area contributed by atoms with Gasteiger partial charge in [0, 0.05) is 29.6 Å². The zero-order valence-corrected chi connectivity index (χ0v) is 17.8. The topological polar surface area (TPSA) is 59.0 Å². The molecule has 2 aromatic rings. The van der Waals surface area contributed by atoms with Crippen LogP contribution in [0.1, 0.15) is 43.7 Å². The van der Waals surface area contributed by atoms with Crippen LogP contribution in [0, 0.1) is 5.82 Å². The third-order valence-electron chi connectivity index (χ3n) is 4.99. The van der Waals surface area contributed by atoms with Crippen molar-refractivity contribution in [2.45, 2.75) is 38.6 Å². The van der Waals surface area contributed by atoms with Crippen molar-refractivity contribution >= 4 is 34.9 Å². The molecule has 1 aliphatic heterocycles. The van der Waals surface area contributed by atoms with E-state index in [0.29, 0.717) is 28.6 Å². The number of rotatable bonds is 7. The number of benzene rings is 2. The molecule has 0 unspecified atom stereocenters. The Morgan fingerprint density at radius 2 is 2.00 bits per heavy atom. The van der Waals surface area contributed by atoms with E-state index in [2.05, 4.69) is 4.99 Å². The number of aliphatic imine (C=N–C) groups is 1. The molecule has 0 saturated carbocycles. The first kappa shape index (κ1) is 22.0. The van der Waals surface area contributed by atoms with Crippen molar-refractivity contribution in [1.29, 1.82) is 0 Å². The predicted octanol–water partition coefficient (Wildman–Crippen LogP) is 4.79. The van der Waals surface area contributed by atoms with Crippen LogP contribution in [0.5, 0.6) is 0 Å². The van der Waals surface area contributed by atoms with Crippen LogP contribution in [0.3, 0.4) is 0 Å². The Morgan fingerprint density at radius 1 is 1.23 bits per heavy atom. The van der Waals surface area contributed by atoms with Crippen molar-refractivity contribution < 1.29 is 18.7 Å². The third kappa shape index (κ3) is 4.87. The molecule has 3 rings (SSSR count). The molecule has 1 amide bonds. The van der Waals surface area contributed by atoms with E-state index in [0.717, 1.165) is 12.8 Å². The predicted molar refractivity (Wildman–Crippen MR) is 116 cm³/mol. The van der Waals surface area contributed by atoms with Gasteiger partial charge in [0.1, 0.15) is 11.9 Å². The molecule has 0 aliphatic carbocycles. The number of halogens is 2. The van der Waals surface area contributed by atoms with E-state index in [4.69, 9.17) is 16.3 Å². The number of benzodiazepines with no additional fused rings is 1. The summed E-state index contributed by atoms with van der Waals surface area (Å²) in [6.07, 6.45) is 1.95. The summed E-state index contributed by atoms with van der Waals surface area (Å²) in [5.41, 5.74) is 1.77. The lowest BCUT2D eigenvalue weighted by Crippen LogP contribution is -2.35. The SMILES string of the molecule is CCCCOC(=O)CC[C@@H]1N=C(c2ccccc2F)c2cc(Cl)ccc2N(C)C1=O. The minimum Gasteiger partial charge on any atom is -0.466 e. The molecule has 0 spiro atoms. The summed E-state index contributed by atoms with van der Waals surface area (Å²) in [7, 11) is 1.64. The second kappa shape index (κ2) is 9.85. The molecule has 0 fully saturated rings. The van der Waals surface area contributed by atoms with Crippen LogP contribution < -0.4 is 4.90 Å². The number of ether oxygens (including phenoxy) is 1. The zero-order chi connectivity index (χ0) is 21.7. The Morgan fingerprint density at radius 3 is 2.73 bits per heavy atom. The average molecular weight is 431 g/mol. The summed E-state index contributed by atoms with van der Waals surface area (Å²) in [5.74, 6) is -1.09. The summed E-state index contributed by atoms with van der Waals surface area (Å²) < 4.78 is 19.8. The van der Waals surface area contributed by atoms with Crippen LogP contribution >= 0.6 is 11.6 Å². The standard InChI is InChI=1S/C23H24ClFN2O3/c1-3-4-13-30-21(28)12-10-19-23(29)27(2)20-11-9-15(24)14-17(20)22(26-19)16-7-5-6-8-18(16)25/h5-9,11,14,19H,3-4,10,12-13H2,1-2H3/t19-/m0/s1. The summed E-state index contributed by atoms with van der Waals surface area (Å²) >= 11 is 6.19. The number of hydrogen-bond acceptors (Lipinski definition) is 4. The summed E-state index contributed by atoms with van der Waals surface area (Å²) in [6, 6.07) is 10.5. The van der Waals surface area contributed by atoms with Crippen LogP contribution in [0.25, 0.3) is 0 Å². The van der Waals surface area contributed by atoms with E-state index in [9.17, 15) is 14.0 Å². The molecule has 0 saturated heterocycles. The number of anilines is 1. The van der Waals surface area contributed by atoms with Crippen molar-refractivity contribution in [3.05, 3.63) is 64.4 Å². The Balaban J connectivity index is 1.97. The van der Waals surface area contributed by atoms with Gasteiger partial charge in [0.05, 0.1) is 18.0 Å². The molecular formula is C23H24ClFN2O3. The van der Waals surface area contributed by atoms with E-state index in [-0.39, 0.29) is 30.3 Å². The summed E-state index contributed by atoms with van der Waals surface area (Å²) in [5, 5.41) is 0.455. The minimum atomic E-state index is -0.838. The van der Waals surface area contributed by atoms with Gasteiger partial charge >= 0.3 is 5.97 Å². The van der Waals surface area contributed by atoms with Gasteiger partial charge in [0.15, 0.2) is 0 Å². The highest BCUT2D eigenvalue weighted by Gasteiger charge is 2.31. The fraction of sp³-hybridized carbons (Fsp3) is 0.348. The molecule has 30 heavy (non-hydrogen) atoms. The smallest absolute Gasteiger partial charge is 0.305 e. The molecule has 2 aromatic carbocycles. The van der Waals surface area contributed by atoms with Crippen LogP contribution in [-0.4, -0.2) is 37.3 Å². The van der Waals surface area contributed by atoms with Gasteiger partial charge in [-0.2, -0.15) is 0 Å². The van der Waals surface area contributed by atoms with Gasteiger partial charge in [0.2, 0.25) is 0 Å². The van der Waals surface area contributed by atoms with Crippen molar-refractivity contribution in [1.82, 2.24) is 0 Å². The number of esters is 1. The second-order valence-electron chi connectivity index (χ2n) is 7.14. The molecule has 5 nitrogen and oxygen atoms in total. The Labute approximate surface area is 180 Å². The normalized spacial score (nSPS) is 16.0. The van der Waals surface area contributed by atoms with E-state index < -0.39 is 11.9 Å². The average Bonchev–Trinajstić information content (AvgIpc) is 2.83. The van der Waals surface area contributed by atoms with E-state index in [1.807, 2.05) is 6.92 Å². The van der Waals surface area contributed by atoms with E-state index in [1.54, 1.807) is 43.4 Å². The molecule has 0 bridgehead atoms. The van der Waals surface area contributed by atoms with Gasteiger partial charge in [-0.25, -0.2) is 4.39 Å². The number of carbonyl (C=O) groups is 2. The van der Waals surface area contributed by atoms with Crippen LogP contribution in [0.2, 0.25) is 5.02 Å². The third-order valence-corrected chi connectivity index (χ3v) is 5.22. The van der Waals surface area contributed by atoms with Crippen molar-refractivity contribution in [2.75, 3.05) is 18.6 Å². The number of unbranched alkanes of at least 4 members (excludes halogenated alkanes) is 1. The summed E-state index contributed by atoms with van der Waals surface area (Å²) in [4.78, 5) is 31.2. The molecule has 1 atom stereocenters. The maximum atomic E-state index is 14.6. The minimum absolute atomic E-state index is 0.0547. The fourth-order valence-corrected chi connectivity index (χ4v) is 3.50. The highest BCUT2D eigenvalue weighted by molar-refractivity contribution is 6.32. The van der Waals surface area contributed by atoms with Gasteiger partial charge in [-0.3, -0.25) is 14.6 Å². The number of likely N-dealkylation sites (N-methyl/N-ethyl adjacent to an activating group) is 1. The van der Waals surface area contributed by atoms with Crippen molar-refractivity contribution in [3.63, 3.8) is 0 Å². The largest absolute Gasteiger partial charge is 0.466 e. The van der Waals surface area contributed by atoms with Gasteiger partial charge in [-0.1, -0.05) is 37.1 Å². The van der Waals surface area contributed by atoms with Crippen LogP contribution in [-0.2, 0) is 14.3 Å². The first-order valence-corrected chi connectivity index (χ1v) is 10.4. The van der Waals surface area contributed by atoms with Crippen LogP contribution in [0.15, 0.2) is 47.5 Å². The lowest BCUT2D eigenvalue weighted by atomic mass is 9.99. The maximum Gasteiger partial charge on any atom is 0.305 e. The lowest BCUT2D eigenvalue weighted by Gasteiger charge is -2.20. The van der Waals surface area contributed by atoms with E-state index >= 15 is 0 Å². The van der Waals surface area contributed by atoms with Gasteiger partial charge in [-0.15, -0.1) is 0 Å². The maximum absolute atomic E-state index is 14.6. The van der Waals surface area contributed by atoms with E-state index in [1.165, 1.54) is 11.0 Å². The number of hydrogen-bond donors (Lipinski definition) is 0. The van der Waals surface area contributed by atoms with Gasteiger partial charge < -0.3 is 9.64 Å². The first-order chi connectivity index (χ1) is 14.4. The molecule has 7 heteroatoms. The molecule has 0 aromatic heterocycles. The molecular weight excluding hydrogens is 407 g/mol. The molecule has 0 radical (unpaired) electrons. The van der Waals surface area contributed by atoms with Crippen molar-refractivity contribution in [2.24, 2.45) is 4.99 Å². The highest BCUT2D eigenvalue weighted by Crippen LogP contribution is 2.31. The number of amides is 1. The van der Waals surface area contributed by atoms with Crippen LogP contribution in [0.4, 0.5) is 10.1 Å². The Kier molecular flexibility index (Phi) is 7.21. The second-order valence-corrected chi connectivity index (χ2v) is 7.58. The van der Waals surface area contributed by atoms with Crippen molar-refractivity contribution in [3.8, 4) is 0 Å². The first-order valence-electron chi connectivity index (χ1n) is 9.98. The lowest BCUT2D eigenvalue weighted by molar-refractivity contribution is -0.144. The zero-order valence-electron chi connectivity index (χ0n) is 17.0. The highest BCUT2D eigenvalue weighted by atomic mass is 35.5. The molecule has 1 heterocycles. The Hall–Kier alpha value is -2.73. The monoisotopic (exact) mass is 430 g/mol. The number of nitrogens with zero attached hydrogens (tertiary/aromatic N) is 2. The van der Waals surface area contributed by atoms with Gasteiger partial charge in [-0.05, 0) is 43.2 Å². The molecule has 158 valence electrons. The quantitative estimate of drug-likeness (QED) is 0.469. The number of fused-ring (bicyclic) bond motifs is 1. The Bertz CT molecular complexity index is 977. The fourth-order valence-electron chi connectivity index (χ4n) is 3.33. The van der Waals surface area contributed by atoms with Gasteiger partial charge in [0.25, 0.3) is 5.91 Å².